The van der Waals surface area contributed by atoms with Gasteiger partial charge in [-0.15, -0.1) is 0 Å². The lowest BCUT2D eigenvalue weighted by atomic mass is 9.83. The van der Waals surface area contributed by atoms with Crippen LogP contribution in [0.2, 0.25) is 0 Å². The van der Waals surface area contributed by atoms with Crippen molar-refractivity contribution in [3.63, 3.8) is 0 Å². The fraction of sp³-hybridized carbons (Fsp3) is 0.909. The molecule has 2 saturated carbocycles. The van der Waals surface area contributed by atoms with Gasteiger partial charge in [0.25, 0.3) is 0 Å². The number of Topliss-reactive ketones (excluding diaryl/α,β-unsaturated/α-hetero) is 1. The molecular formula is C11H18O. The Labute approximate surface area is 74.5 Å². The SMILES string of the molecule is CC1CCCCC2CCC(=O)C12. The molecule has 0 aromatic carbocycles. The van der Waals surface area contributed by atoms with Crippen molar-refractivity contribution < 1.29 is 4.79 Å². The Bertz CT molecular complexity index is 185. The van der Waals surface area contributed by atoms with E-state index in [1.54, 1.807) is 0 Å². The van der Waals surface area contributed by atoms with Crippen molar-refractivity contribution in [1.82, 2.24) is 0 Å². The Kier molecular flexibility index (Phi) is 2.20. The van der Waals surface area contributed by atoms with E-state index in [1.807, 2.05) is 0 Å². The lowest BCUT2D eigenvalue weighted by Gasteiger charge is -2.20. The summed E-state index contributed by atoms with van der Waals surface area (Å²) >= 11 is 0. The van der Waals surface area contributed by atoms with Gasteiger partial charge in [-0.3, -0.25) is 4.79 Å². The fourth-order valence-electron chi connectivity index (χ4n) is 3.10. The van der Waals surface area contributed by atoms with Crippen molar-refractivity contribution in [2.75, 3.05) is 0 Å². The minimum atomic E-state index is 0.451. The van der Waals surface area contributed by atoms with Crippen molar-refractivity contribution in [1.29, 1.82) is 0 Å². The second-order valence-corrected chi connectivity index (χ2v) is 4.55. The highest BCUT2D eigenvalue weighted by atomic mass is 16.1. The molecule has 2 fully saturated rings. The number of ketones is 1. The third-order valence-corrected chi connectivity index (χ3v) is 3.74. The molecule has 1 heteroatoms. The Hall–Kier alpha value is -0.330. The van der Waals surface area contributed by atoms with Crippen LogP contribution < -0.4 is 0 Å². The average Bonchev–Trinajstić information content (AvgIpc) is 2.29. The van der Waals surface area contributed by atoms with E-state index in [0.29, 0.717) is 17.6 Å². The topological polar surface area (TPSA) is 17.1 Å². The highest BCUT2D eigenvalue weighted by Gasteiger charge is 2.38. The summed E-state index contributed by atoms with van der Waals surface area (Å²) in [6.45, 7) is 2.27. The molecule has 0 aromatic rings. The van der Waals surface area contributed by atoms with Gasteiger partial charge in [0.15, 0.2) is 0 Å². The van der Waals surface area contributed by atoms with Crippen LogP contribution in [0.15, 0.2) is 0 Å². The average molecular weight is 166 g/mol. The van der Waals surface area contributed by atoms with Crippen molar-refractivity contribution >= 4 is 5.78 Å². The first kappa shape index (κ1) is 8.28. The monoisotopic (exact) mass is 166 g/mol. The van der Waals surface area contributed by atoms with Gasteiger partial charge in [0, 0.05) is 12.3 Å². The zero-order valence-corrected chi connectivity index (χ0v) is 7.88. The Morgan fingerprint density at radius 3 is 2.75 bits per heavy atom. The lowest BCUT2D eigenvalue weighted by molar-refractivity contribution is -0.122. The van der Waals surface area contributed by atoms with E-state index in [9.17, 15) is 4.79 Å². The summed E-state index contributed by atoms with van der Waals surface area (Å²) in [4.78, 5) is 11.6. The first-order chi connectivity index (χ1) is 5.79. The molecule has 2 aliphatic carbocycles. The van der Waals surface area contributed by atoms with Gasteiger partial charge in [0.1, 0.15) is 5.78 Å². The van der Waals surface area contributed by atoms with Crippen molar-refractivity contribution in [3.05, 3.63) is 0 Å². The molecule has 2 rings (SSSR count). The smallest absolute Gasteiger partial charge is 0.136 e. The Balaban J connectivity index is 2.14. The molecule has 0 aliphatic heterocycles. The number of hydrogen-bond donors (Lipinski definition) is 0. The molecule has 0 spiro atoms. The van der Waals surface area contributed by atoms with E-state index in [2.05, 4.69) is 6.92 Å². The van der Waals surface area contributed by atoms with Gasteiger partial charge in [-0.25, -0.2) is 0 Å². The molecule has 0 amide bonds. The third kappa shape index (κ3) is 1.30. The summed E-state index contributed by atoms with van der Waals surface area (Å²) in [5.41, 5.74) is 0. The minimum Gasteiger partial charge on any atom is -0.299 e. The number of fused-ring (bicyclic) bond motifs is 1. The van der Waals surface area contributed by atoms with E-state index in [-0.39, 0.29) is 0 Å². The van der Waals surface area contributed by atoms with Gasteiger partial charge in [-0.2, -0.15) is 0 Å². The number of rotatable bonds is 0. The molecule has 3 unspecified atom stereocenters. The summed E-state index contributed by atoms with van der Waals surface area (Å²) in [7, 11) is 0. The van der Waals surface area contributed by atoms with Crippen molar-refractivity contribution in [2.24, 2.45) is 17.8 Å². The zero-order chi connectivity index (χ0) is 8.55. The van der Waals surface area contributed by atoms with Gasteiger partial charge in [-0.1, -0.05) is 26.2 Å². The third-order valence-electron chi connectivity index (χ3n) is 3.74. The molecule has 2 aliphatic rings. The maximum Gasteiger partial charge on any atom is 0.136 e. The number of hydrogen-bond acceptors (Lipinski definition) is 1. The summed E-state index contributed by atoms with van der Waals surface area (Å²) < 4.78 is 0. The highest BCUT2D eigenvalue weighted by molar-refractivity contribution is 5.83. The van der Waals surface area contributed by atoms with Crippen molar-refractivity contribution in [2.45, 2.75) is 45.4 Å². The summed E-state index contributed by atoms with van der Waals surface area (Å²) in [6, 6.07) is 0. The van der Waals surface area contributed by atoms with Crippen LogP contribution in [-0.2, 0) is 4.79 Å². The maximum absolute atomic E-state index is 11.6. The predicted molar refractivity (Wildman–Crippen MR) is 48.9 cm³/mol. The van der Waals surface area contributed by atoms with Crippen LogP contribution in [0.5, 0.6) is 0 Å². The van der Waals surface area contributed by atoms with E-state index in [1.165, 1.54) is 32.1 Å². The van der Waals surface area contributed by atoms with Crippen LogP contribution in [0.1, 0.15) is 45.4 Å². The number of carbonyl (C=O) groups excluding carboxylic acids is 1. The molecule has 0 saturated heterocycles. The number of carbonyl (C=O) groups is 1. The highest BCUT2D eigenvalue weighted by Crippen LogP contribution is 2.41. The maximum atomic E-state index is 11.6. The minimum absolute atomic E-state index is 0.451. The van der Waals surface area contributed by atoms with Gasteiger partial charge in [-0.05, 0) is 24.7 Å². The van der Waals surface area contributed by atoms with Gasteiger partial charge in [0.2, 0.25) is 0 Å². The van der Waals surface area contributed by atoms with E-state index >= 15 is 0 Å². The molecule has 68 valence electrons. The van der Waals surface area contributed by atoms with Crippen LogP contribution in [-0.4, -0.2) is 5.78 Å². The van der Waals surface area contributed by atoms with Crippen LogP contribution >= 0.6 is 0 Å². The quantitative estimate of drug-likeness (QED) is 0.541. The first-order valence-corrected chi connectivity index (χ1v) is 5.32. The second-order valence-electron chi connectivity index (χ2n) is 4.55. The van der Waals surface area contributed by atoms with Crippen molar-refractivity contribution in [3.8, 4) is 0 Å². The standard InChI is InChI=1S/C11H18O/c1-8-4-2-3-5-9-6-7-10(12)11(8)9/h8-9,11H,2-7H2,1H3. The summed E-state index contributed by atoms with van der Waals surface area (Å²) in [5, 5.41) is 0. The largest absolute Gasteiger partial charge is 0.299 e. The lowest BCUT2D eigenvalue weighted by Crippen LogP contribution is -2.20. The Morgan fingerprint density at radius 1 is 1.17 bits per heavy atom. The molecule has 3 atom stereocenters. The summed E-state index contributed by atoms with van der Waals surface area (Å²) in [5.74, 6) is 2.45. The summed E-state index contributed by atoms with van der Waals surface area (Å²) in [6.07, 6.45) is 7.38. The molecule has 12 heavy (non-hydrogen) atoms. The van der Waals surface area contributed by atoms with E-state index in [4.69, 9.17) is 0 Å². The molecular weight excluding hydrogens is 148 g/mol. The normalized spacial score (nSPS) is 42.4. The molecule has 0 aromatic heterocycles. The Morgan fingerprint density at radius 2 is 1.92 bits per heavy atom. The van der Waals surface area contributed by atoms with Crippen LogP contribution in [0.3, 0.4) is 0 Å². The zero-order valence-electron chi connectivity index (χ0n) is 7.88. The fourth-order valence-corrected chi connectivity index (χ4v) is 3.10. The van der Waals surface area contributed by atoms with Crippen LogP contribution in [0, 0.1) is 17.8 Å². The van der Waals surface area contributed by atoms with Gasteiger partial charge >= 0.3 is 0 Å². The predicted octanol–water partition coefficient (Wildman–Crippen LogP) is 2.79. The molecule has 0 radical (unpaired) electrons. The molecule has 0 heterocycles. The molecule has 0 bridgehead atoms. The van der Waals surface area contributed by atoms with E-state index < -0.39 is 0 Å². The van der Waals surface area contributed by atoms with E-state index in [0.717, 1.165) is 12.3 Å². The van der Waals surface area contributed by atoms with Gasteiger partial charge < -0.3 is 0 Å². The molecule has 0 N–H and O–H groups in total. The van der Waals surface area contributed by atoms with Crippen LogP contribution in [0.25, 0.3) is 0 Å². The first-order valence-electron chi connectivity index (χ1n) is 5.32. The molecule has 1 nitrogen and oxygen atoms in total. The van der Waals surface area contributed by atoms with Gasteiger partial charge in [0.05, 0.1) is 0 Å². The second kappa shape index (κ2) is 3.20. The van der Waals surface area contributed by atoms with Crippen LogP contribution in [0.4, 0.5) is 0 Å².